The zero-order chi connectivity index (χ0) is 20.8. The number of nitrogens with one attached hydrogen (secondary N) is 2. The average Bonchev–Trinajstić information content (AvgIpc) is 3.12. The van der Waals surface area contributed by atoms with E-state index in [0.717, 1.165) is 49.3 Å². The summed E-state index contributed by atoms with van der Waals surface area (Å²) in [5.74, 6) is 0.0895. The Kier molecular flexibility index (Phi) is 7.18. The Morgan fingerprint density at radius 3 is 2.50 bits per heavy atom. The van der Waals surface area contributed by atoms with Crippen molar-refractivity contribution in [3.05, 3.63) is 51.7 Å². The predicted molar refractivity (Wildman–Crippen MR) is 122 cm³/mol. The molecule has 1 aromatic heterocycles. The molecule has 0 unspecified atom stereocenters. The quantitative estimate of drug-likeness (QED) is 0.753. The van der Waals surface area contributed by atoms with E-state index in [1.807, 2.05) is 30.3 Å². The number of nitrogens with zero attached hydrogens (tertiary/aromatic N) is 1. The standard InChI is InChI=1S/C24H31N3O2S/c28-23(25-19-9-5-3-6-10-19)17-27-14-12-20(13-15-27)26-24(29)22-16-18-8-4-1-2-7-11-21(18)30-22/h3,5-6,9-10,16,20H,1-2,4,7-8,11-15,17H2,(H,25,28)(H,26,29). The van der Waals surface area contributed by atoms with Crippen LogP contribution in [0, 0.1) is 0 Å². The molecule has 1 aliphatic heterocycles. The van der Waals surface area contributed by atoms with Crippen LogP contribution in [-0.4, -0.2) is 42.4 Å². The number of fused-ring (bicyclic) bond motifs is 1. The average molecular weight is 426 g/mol. The lowest BCUT2D eigenvalue weighted by Crippen LogP contribution is -2.46. The molecule has 30 heavy (non-hydrogen) atoms. The van der Waals surface area contributed by atoms with Crippen molar-refractivity contribution in [3.8, 4) is 0 Å². The molecule has 1 saturated heterocycles. The van der Waals surface area contributed by atoms with Crippen LogP contribution in [0.5, 0.6) is 0 Å². The van der Waals surface area contributed by atoms with Gasteiger partial charge in [0.2, 0.25) is 5.91 Å². The van der Waals surface area contributed by atoms with E-state index in [-0.39, 0.29) is 17.9 Å². The number of thiophene rings is 1. The van der Waals surface area contributed by atoms with Gasteiger partial charge in [0, 0.05) is 29.7 Å². The van der Waals surface area contributed by atoms with Crippen LogP contribution in [0.3, 0.4) is 0 Å². The van der Waals surface area contributed by atoms with E-state index in [1.165, 1.54) is 36.1 Å². The molecule has 2 aromatic rings. The van der Waals surface area contributed by atoms with Crippen molar-refractivity contribution in [2.24, 2.45) is 0 Å². The third-order valence-electron chi connectivity index (χ3n) is 6.07. The van der Waals surface area contributed by atoms with Gasteiger partial charge in [0.1, 0.15) is 0 Å². The molecule has 2 heterocycles. The van der Waals surface area contributed by atoms with Crippen molar-refractivity contribution in [3.63, 3.8) is 0 Å². The van der Waals surface area contributed by atoms with Crippen molar-refractivity contribution in [1.29, 1.82) is 0 Å². The van der Waals surface area contributed by atoms with Crippen molar-refractivity contribution >= 4 is 28.8 Å². The number of rotatable bonds is 5. The molecule has 0 saturated carbocycles. The molecule has 160 valence electrons. The lowest BCUT2D eigenvalue weighted by molar-refractivity contribution is -0.117. The van der Waals surface area contributed by atoms with E-state index in [0.29, 0.717) is 6.54 Å². The van der Waals surface area contributed by atoms with Crippen molar-refractivity contribution in [2.45, 2.75) is 57.4 Å². The van der Waals surface area contributed by atoms with Gasteiger partial charge in [0.25, 0.3) is 5.91 Å². The maximum Gasteiger partial charge on any atom is 0.261 e. The molecule has 6 heteroatoms. The van der Waals surface area contributed by atoms with E-state index < -0.39 is 0 Å². The molecule has 1 aliphatic carbocycles. The molecule has 5 nitrogen and oxygen atoms in total. The summed E-state index contributed by atoms with van der Waals surface area (Å²) >= 11 is 1.69. The summed E-state index contributed by atoms with van der Waals surface area (Å²) in [6.07, 6.45) is 9.09. The summed E-state index contributed by atoms with van der Waals surface area (Å²) in [7, 11) is 0. The molecule has 1 fully saturated rings. The Bertz CT molecular complexity index is 831. The Balaban J connectivity index is 1.23. The highest BCUT2D eigenvalue weighted by Crippen LogP contribution is 2.28. The summed E-state index contributed by atoms with van der Waals surface area (Å²) in [5, 5.41) is 6.17. The van der Waals surface area contributed by atoms with E-state index in [9.17, 15) is 9.59 Å². The summed E-state index contributed by atoms with van der Waals surface area (Å²) in [4.78, 5) is 29.5. The number of hydrogen-bond acceptors (Lipinski definition) is 4. The fraction of sp³-hybridized carbons (Fsp3) is 0.500. The number of hydrogen-bond donors (Lipinski definition) is 2. The summed E-state index contributed by atoms with van der Waals surface area (Å²) in [5.41, 5.74) is 2.22. The monoisotopic (exact) mass is 425 g/mol. The molecule has 0 atom stereocenters. The predicted octanol–water partition coefficient (Wildman–Crippen LogP) is 4.24. The molecule has 1 aromatic carbocycles. The number of aryl methyl sites for hydroxylation is 2. The summed E-state index contributed by atoms with van der Waals surface area (Å²) < 4.78 is 0. The molecular weight excluding hydrogens is 394 g/mol. The normalized spacial score (nSPS) is 18.1. The molecule has 0 spiro atoms. The van der Waals surface area contributed by atoms with Crippen molar-refractivity contribution < 1.29 is 9.59 Å². The Hall–Kier alpha value is -2.18. The van der Waals surface area contributed by atoms with Crippen LogP contribution in [-0.2, 0) is 17.6 Å². The minimum Gasteiger partial charge on any atom is -0.349 e. The van der Waals surface area contributed by atoms with E-state index >= 15 is 0 Å². The van der Waals surface area contributed by atoms with Gasteiger partial charge in [-0.25, -0.2) is 0 Å². The molecule has 0 radical (unpaired) electrons. The molecule has 0 bridgehead atoms. The number of amides is 2. The van der Waals surface area contributed by atoms with Gasteiger partial charge in [-0.15, -0.1) is 11.3 Å². The summed E-state index contributed by atoms with van der Waals surface area (Å²) in [6.45, 7) is 2.05. The maximum absolute atomic E-state index is 12.8. The van der Waals surface area contributed by atoms with Gasteiger partial charge in [-0.05, 0) is 62.3 Å². The number of para-hydroxylation sites is 1. The number of anilines is 1. The highest BCUT2D eigenvalue weighted by Gasteiger charge is 2.24. The van der Waals surface area contributed by atoms with Crippen LogP contribution < -0.4 is 10.6 Å². The van der Waals surface area contributed by atoms with Gasteiger partial charge < -0.3 is 10.6 Å². The number of piperidine rings is 1. The third-order valence-corrected chi connectivity index (χ3v) is 7.30. The number of likely N-dealkylation sites (tertiary alicyclic amines) is 1. The molecule has 2 amide bonds. The van der Waals surface area contributed by atoms with Crippen molar-refractivity contribution in [2.75, 3.05) is 25.0 Å². The fourth-order valence-electron chi connectivity index (χ4n) is 4.37. The molecular formula is C24H31N3O2S. The zero-order valence-electron chi connectivity index (χ0n) is 17.5. The first-order chi connectivity index (χ1) is 14.7. The Labute approximate surface area is 182 Å². The second-order valence-corrected chi connectivity index (χ2v) is 9.55. The maximum atomic E-state index is 12.8. The van der Waals surface area contributed by atoms with Crippen LogP contribution in [0.2, 0.25) is 0 Å². The largest absolute Gasteiger partial charge is 0.349 e. The van der Waals surface area contributed by atoms with Crippen molar-refractivity contribution in [1.82, 2.24) is 10.2 Å². The van der Waals surface area contributed by atoms with Crippen LogP contribution in [0.25, 0.3) is 0 Å². The van der Waals surface area contributed by atoms with Crippen LogP contribution in [0.1, 0.15) is 58.6 Å². The van der Waals surface area contributed by atoms with E-state index in [4.69, 9.17) is 0 Å². The number of carbonyl (C=O) groups excluding carboxylic acids is 2. The van der Waals surface area contributed by atoms with Gasteiger partial charge in [0.05, 0.1) is 11.4 Å². The second kappa shape index (κ2) is 10.2. The minimum absolute atomic E-state index is 0.0136. The zero-order valence-corrected chi connectivity index (χ0v) is 18.3. The van der Waals surface area contributed by atoms with Crippen LogP contribution in [0.15, 0.2) is 36.4 Å². The SMILES string of the molecule is O=C(CN1CCC(NC(=O)c2cc3c(s2)CCCCCC3)CC1)Nc1ccccc1. The second-order valence-electron chi connectivity index (χ2n) is 8.41. The fourth-order valence-corrected chi connectivity index (χ4v) is 5.53. The van der Waals surface area contributed by atoms with E-state index in [1.54, 1.807) is 11.3 Å². The van der Waals surface area contributed by atoms with Gasteiger partial charge in [-0.2, -0.15) is 0 Å². The van der Waals surface area contributed by atoms with Gasteiger partial charge in [0.15, 0.2) is 0 Å². The highest BCUT2D eigenvalue weighted by molar-refractivity contribution is 7.14. The Morgan fingerprint density at radius 1 is 1.00 bits per heavy atom. The lowest BCUT2D eigenvalue weighted by atomic mass is 9.99. The highest BCUT2D eigenvalue weighted by atomic mass is 32.1. The van der Waals surface area contributed by atoms with Crippen LogP contribution >= 0.6 is 11.3 Å². The molecule has 4 rings (SSSR count). The van der Waals surface area contributed by atoms with Gasteiger partial charge in [-0.3, -0.25) is 14.5 Å². The van der Waals surface area contributed by atoms with Gasteiger partial charge >= 0.3 is 0 Å². The topological polar surface area (TPSA) is 61.4 Å². The number of carbonyl (C=O) groups is 2. The number of benzene rings is 1. The first-order valence-electron chi connectivity index (χ1n) is 11.2. The summed E-state index contributed by atoms with van der Waals surface area (Å²) in [6, 6.07) is 11.9. The molecule has 2 aliphatic rings. The minimum atomic E-state index is 0.0136. The molecule has 2 N–H and O–H groups in total. The first-order valence-corrected chi connectivity index (χ1v) is 12.0. The lowest BCUT2D eigenvalue weighted by Gasteiger charge is -2.31. The van der Waals surface area contributed by atoms with Gasteiger partial charge in [-0.1, -0.05) is 31.0 Å². The van der Waals surface area contributed by atoms with E-state index in [2.05, 4.69) is 21.6 Å². The Morgan fingerprint density at radius 2 is 1.73 bits per heavy atom. The van der Waals surface area contributed by atoms with Crippen LogP contribution in [0.4, 0.5) is 5.69 Å². The third kappa shape index (κ3) is 5.70. The smallest absolute Gasteiger partial charge is 0.261 e. The first kappa shape index (κ1) is 21.1.